The maximum Gasteiger partial charge on any atom is 0.326 e. The van der Waals surface area contributed by atoms with Crippen molar-refractivity contribution < 1.29 is 0 Å². The molecular weight excluding hydrogens is 227 g/mol. The number of hydrogen-bond donors (Lipinski definition) is 2. The Labute approximate surface area is 87.5 Å². The summed E-state index contributed by atoms with van der Waals surface area (Å²) in [5.74, 6) is 0. The summed E-state index contributed by atoms with van der Waals surface area (Å²) in [6.07, 6.45) is 0. The van der Waals surface area contributed by atoms with Crippen LogP contribution in [0.4, 0.5) is 0 Å². The summed E-state index contributed by atoms with van der Waals surface area (Å²) in [5, 5.41) is 0.608. The van der Waals surface area contributed by atoms with Crippen LogP contribution in [0.2, 0.25) is 10.0 Å². The lowest BCUT2D eigenvalue weighted by atomic mass is 10.2. The zero-order valence-corrected chi connectivity index (χ0v) is 8.24. The van der Waals surface area contributed by atoms with E-state index in [1.54, 1.807) is 0 Å². The number of hydrogen-bond acceptors (Lipinski definition) is 2. The van der Waals surface area contributed by atoms with Gasteiger partial charge < -0.3 is 4.98 Å². The third-order valence-corrected chi connectivity index (χ3v) is 2.60. The van der Waals surface area contributed by atoms with E-state index in [1.807, 2.05) is 0 Å². The quantitative estimate of drug-likeness (QED) is 0.721. The number of aromatic amines is 2. The lowest BCUT2D eigenvalue weighted by molar-refractivity contribution is 1.08. The SMILES string of the molecule is O=c1[nH]c(=O)c2c(Cl)c(Cl)ccc2[nH]1. The van der Waals surface area contributed by atoms with Gasteiger partial charge in [0.1, 0.15) is 0 Å². The Morgan fingerprint density at radius 3 is 2.50 bits per heavy atom. The number of halogens is 2. The predicted octanol–water partition coefficient (Wildman–Crippen LogP) is 1.52. The minimum Gasteiger partial charge on any atom is -0.307 e. The summed E-state index contributed by atoms with van der Waals surface area (Å²) in [6, 6.07) is 3.04. The Morgan fingerprint density at radius 1 is 1.07 bits per heavy atom. The van der Waals surface area contributed by atoms with Crippen LogP contribution in [0.25, 0.3) is 10.9 Å². The van der Waals surface area contributed by atoms with E-state index in [2.05, 4.69) is 9.97 Å². The number of benzene rings is 1. The van der Waals surface area contributed by atoms with E-state index in [1.165, 1.54) is 12.1 Å². The Morgan fingerprint density at radius 2 is 1.79 bits per heavy atom. The second-order valence-corrected chi connectivity index (χ2v) is 3.48. The Hall–Kier alpha value is -1.26. The molecule has 0 bridgehead atoms. The van der Waals surface area contributed by atoms with Crippen LogP contribution in [0.5, 0.6) is 0 Å². The molecule has 0 aliphatic rings. The van der Waals surface area contributed by atoms with Gasteiger partial charge in [-0.25, -0.2) is 4.79 Å². The average molecular weight is 231 g/mol. The standard InChI is InChI=1S/C8H4Cl2N2O2/c9-3-1-2-4-5(6(3)10)7(13)12-8(14)11-4/h1-2H,(H2,11,12,13,14). The normalized spacial score (nSPS) is 10.7. The molecule has 0 amide bonds. The molecule has 1 heterocycles. The van der Waals surface area contributed by atoms with Crippen molar-refractivity contribution in [2.45, 2.75) is 0 Å². The van der Waals surface area contributed by atoms with Crippen LogP contribution < -0.4 is 11.2 Å². The summed E-state index contributed by atoms with van der Waals surface area (Å²) in [6.45, 7) is 0. The molecule has 0 atom stereocenters. The highest BCUT2D eigenvalue weighted by Gasteiger charge is 2.08. The largest absolute Gasteiger partial charge is 0.326 e. The van der Waals surface area contributed by atoms with Crippen molar-refractivity contribution in [2.24, 2.45) is 0 Å². The molecule has 72 valence electrons. The van der Waals surface area contributed by atoms with Gasteiger partial charge in [0, 0.05) is 0 Å². The predicted molar refractivity (Wildman–Crippen MR) is 55.2 cm³/mol. The van der Waals surface area contributed by atoms with Crippen molar-refractivity contribution in [3.8, 4) is 0 Å². The van der Waals surface area contributed by atoms with Gasteiger partial charge in [-0.15, -0.1) is 0 Å². The third-order valence-electron chi connectivity index (χ3n) is 1.80. The minimum atomic E-state index is -0.569. The second-order valence-electron chi connectivity index (χ2n) is 2.69. The zero-order chi connectivity index (χ0) is 10.3. The first-order valence-corrected chi connectivity index (χ1v) is 4.45. The molecule has 1 aromatic carbocycles. The molecule has 6 heteroatoms. The maximum atomic E-state index is 11.4. The first-order valence-electron chi connectivity index (χ1n) is 3.70. The number of nitrogens with one attached hydrogen (secondary N) is 2. The molecule has 1 aromatic heterocycles. The lowest BCUT2D eigenvalue weighted by Crippen LogP contribution is -2.22. The van der Waals surface area contributed by atoms with E-state index in [4.69, 9.17) is 23.2 Å². The first-order chi connectivity index (χ1) is 6.59. The fraction of sp³-hybridized carbons (Fsp3) is 0. The van der Waals surface area contributed by atoms with Crippen LogP contribution in [0.3, 0.4) is 0 Å². The molecule has 0 aliphatic heterocycles. The molecular formula is C8H4Cl2N2O2. The Kier molecular flexibility index (Phi) is 2.09. The van der Waals surface area contributed by atoms with Gasteiger partial charge in [-0.2, -0.15) is 0 Å². The zero-order valence-electron chi connectivity index (χ0n) is 6.73. The average Bonchev–Trinajstić information content (AvgIpc) is 2.10. The summed E-state index contributed by atoms with van der Waals surface area (Å²) in [4.78, 5) is 26.8. The monoisotopic (exact) mass is 230 g/mol. The molecule has 2 aromatic rings. The highest BCUT2D eigenvalue weighted by molar-refractivity contribution is 6.45. The summed E-state index contributed by atoms with van der Waals surface area (Å²) < 4.78 is 0. The van der Waals surface area contributed by atoms with Crippen molar-refractivity contribution >= 4 is 34.1 Å². The van der Waals surface area contributed by atoms with Crippen LogP contribution >= 0.6 is 23.2 Å². The summed E-state index contributed by atoms with van der Waals surface area (Å²) in [7, 11) is 0. The Balaban J connectivity index is 3.11. The van der Waals surface area contributed by atoms with Gasteiger partial charge in [0.05, 0.1) is 20.9 Å². The molecule has 4 nitrogen and oxygen atoms in total. The van der Waals surface area contributed by atoms with E-state index in [0.29, 0.717) is 5.52 Å². The summed E-state index contributed by atoms with van der Waals surface area (Å²) in [5.41, 5.74) is -0.745. The van der Waals surface area contributed by atoms with Gasteiger partial charge in [0.25, 0.3) is 5.56 Å². The highest BCUT2D eigenvalue weighted by Crippen LogP contribution is 2.26. The third kappa shape index (κ3) is 1.32. The number of fused-ring (bicyclic) bond motifs is 1. The van der Waals surface area contributed by atoms with Crippen LogP contribution in [-0.4, -0.2) is 9.97 Å². The molecule has 2 rings (SSSR count). The van der Waals surface area contributed by atoms with Gasteiger partial charge in [-0.05, 0) is 12.1 Å². The van der Waals surface area contributed by atoms with E-state index in [-0.39, 0.29) is 15.4 Å². The molecule has 0 saturated heterocycles. The van der Waals surface area contributed by atoms with E-state index >= 15 is 0 Å². The molecule has 2 N–H and O–H groups in total. The molecule has 0 saturated carbocycles. The van der Waals surface area contributed by atoms with Crippen molar-refractivity contribution in [2.75, 3.05) is 0 Å². The fourth-order valence-corrected chi connectivity index (χ4v) is 1.60. The van der Waals surface area contributed by atoms with Gasteiger partial charge in [0.15, 0.2) is 0 Å². The fourth-order valence-electron chi connectivity index (χ4n) is 1.20. The molecule has 0 spiro atoms. The van der Waals surface area contributed by atoms with Crippen molar-refractivity contribution in [1.82, 2.24) is 9.97 Å². The van der Waals surface area contributed by atoms with Crippen molar-refractivity contribution in [1.29, 1.82) is 0 Å². The first kappa shape index (κ1) is 9.30. The maximum absolute atomic E-state index is 11.4. The van der Waals surface area contributed by atoms with Gasteiger partial charge in [-0.1, -0.05) is 23.2 Å². The van der Waals surface area contributed by atoms with E-state index in [9.17, 15) is 9.59 Å². The summed E-state index contributed by atoms with van der Waals surface area (Å²) >= 11 is 11.5. The van der Waals surface area contributed by atoms with Crippen molar-refractivity contribution in [3.05, 3.63) is 43.0 Å². The van der Waals surface area contributed by atoms with Crippen LogP contribution in [0.15, 0.2) is 21.7 Å². The molecule has 14 heavy (non-hydrogen) atoms. The molecule has 0 radical (unpaired) electrons. The second kappa shape index (κ2) is 3.15. The van der Waals surface area contributed by atoms with Gasteiger partial charge >= 0.3 is 5.69 Å². The number of H-pyrrole nitrogens is 2. The van der Waals surface area contributed by atoms with Gasteiger partial charge in [-0.3, -0.25) is 9.78 Å². The van der Waals surface area contributed by atoms with Crippen LogP contribution in [0.1, 0.15) is 0 Å². The van der Waals surface area contributed by atoms with E-state index < -0.39 is 11.2 Å². The molecule has 0 fully saturated rings. The van der Waals surface area contributed by atoms with Crippen molar-refractivity contribution in [3.63, 3.8) is 0 Å². The van der Waals surface area contributed by atoms with Crippen LogP contribution in [0, 0.1) is 0 Å². The molecule has 0 aliphatic carbocycles. The number of rotatable bonds is 0. The highest BCUT2D eigenvalue weighted by atomic mass is 35.5. The lowest BCUT2D eigenvalue weighted by Gasteiger charge is -1.99. The number of aromatic nitrogens is 2. The minimum absolute atomic E-state index is 0.140. The topological polar surface area (TPSA) is 65.7 Å². The van der Waals surface area contributed by atoms with E-state index in [0.717, 1.165) is 0 Å². The van der Waals surface area contributed by atoms with Crippen LogP contribution in [-0.2, 0) is 0 Å². The molecule has 0 unspecified atom stereocenters. The van der Waals surface area contributed by atoms with Gasteiger partial charge in [0.2, 0.25) is 0 Å². The Bertz CT molecular complexity index is 615. The smallest absolute Gasteiger partial charge is 0.307 e.